The Morgan fingerprint density at radius 3 is 2.56 bits per heavy atom. The molecule has 1 aromatic heterocycles. The van der Waals surface area contributed by atoms with Gasteiger partial charge in [0.1, 0.15) is 25.6 Å². The van der Waals surface area contributed by atoms with Gasteiger partial charge in [-0.05, 0) is 35.7 Å². The Morgan fingerprint density at radius 1 is 0.920 bits per heavy atom. The highest BCUT2D eigenvalue weighted by Gasteiger charge is 2.33. The quantitative estimate of drug-likeness (QED) is 0.683. The van der Waals surface area contributed by atoms with Gasteiger partial charge in [0.25, 0.3) is 0 Å². The minimum absolute atomic E-state index is 0.0298. The Balaban J connectivity index is 1.68. The van der Waals surface area contributed by atoms with Gasteiger partial charge in [0.15, 0.2) is 17.3 Å². The molecule has 5 rings (SSSR count). The summed E-state index contributed by atoms with van der Waals surface area (Å²) in [5, 5.41) is 1.76. The molecule has 0 spiro atoms. The normalized spacial score (nSPS) is 18.6. The molecule has 0 N–H and O–H groups in total. The second-order valence-corrected chi connectivity index (χ2v) is 6.14. The monoisotopic (exact) mass is 333 g/mol. The minimum Gasteiger partial charge on any atom is -0.492 e. The molecular weight excluding hydrogens is 318 g/mol. The summed E-state index contributed by atoms with van der Waals surface area (Å²) in [6.45, 7) is 1.35. The Labute approximate surface area is 144 Å². The summed E-state index contributed by atoms with van der Waals surface area (Å²) in [7, 11) is 0. The fourth-order valence-corrected chi connectivity index (χ4v) is 3.44. The molecule has 2 aliphatic rings. The number of ether oxygens (including phenoxy) is 3. The van der Waals surface area contributed by atoms with Gasteiger partial charge in [-0.2, -0.15) is 0 Å². The van der Waals surface area contributed by atoms with Crippen molar-refractivity contribution in [2.24, 2.45) is 0 Å². The number of Topliss-reactive ketones (excluding diaryl/α,β-unsaturated/α-hetero) is 1. The number of rotatable bonds is 1. The van der Waals surface area contributed by atoms with Gasteiger partial charge in [0, 0.05) is 11.6 Å². The maximum atomic E-state index is 13.2. The van der Waals surface area contributed by atoms with Crippen LogP contribution in [-0.4, -0.2) is 30.6 Å². The van der Waals surface area contributed by atoms with E-state index in [1.54, 1.807) is 6.20 Å². The molecule has 0 aliphatic carbocycles. The van der Waals surface area contributed by atoms with Crippen LogP contribution in [0.5, 0.6) is 17.2 Å². The van der Waals surface area contributed by atoms with Crippen LogP contribution in [0.4, 0.5) is 0 Å². The molecular formula is C20H15NO4. The van der Waals surface area contributed by atoms with Gasteiger partial charge in [-0.25, -0.2) is 0 Å². The molecule has 0 bridgehead atoms. The number of fused-ring (bicyclic) bond motifs is 4. The van der Waals surface area contributed by atoms with Crippen LogP contribution in [0.25, 0.3) is 10.8 Å². The van der Waals surface area contributed by atoms with E-state index in [-0.39, 0.29) is 5.78 Å². The van der Waals surface area contributed by atoms with Crippen LogP contribution >= 0.6 is 0 Å². The number of hydrogen-bond acceptors (Lipinski definition) is 5. The van der Waals surface area contributed by atoms with E-state index in [1.807, 2.05) is 42.5 Å². The van der Waals surface area contributed by atoms with E-state index in [2.05, 4.69) is 4.98 Å². The molecule has 0 fully saturated rings. The fourth-order valence-electron chi connectivity index (χ4n) is 3.44. The Bertz CT molecular complexity index is 984. The molecule has 2 aromatic carbocycles. The lowest BCUT2D eigenvalue weighted by Gasteiger charge is -2.26. The van der Waals surface area contributed by atoms with Crippen LogP contribution < -0.4 is 14.2 Å². The van der Waals surface area contributed by atoms with Crippen LogP contribution in [0.2, 0.25) is 0 Å². The van der Waals surface area contributed by atoms with Crippen LogP contribution in [0.15, 0.2) is 48.7 Å². The standard InChI is InChI=1S/C20H15NO4/c22-20-14(15-3-1-2-6-21-15)11-25-16-5-4-12-9-17-18(24-8-7-23-17)10-13(12)19(16)20/h1-6,9-10,14H,7-8,11H2. The maximum Gasteiger partial charge on any atom is 0.179 e. The van der Waals surface area contributed by atoms with Crippen molar-refractivity contribution in [2.75, 3.05) is 19.8 Å². The first-order valence-corrected chi connectivity index (χ1v) is 8.25. The van der Waals surface area contributed by atoms with Crippen molar-refractivity contribution in [1.29, 1.82) is 0 Å². The average molecular weight is 333 g/mol. The first-order valence-electron chi connectivity index (χ1n) is 8.25. The van der Waals surface area contributed by atoms with E-state index in [9.17, 15) is 4.79 Å². The summed E-state index contributed by atoms with van der Waals surface area (Å²) in [6.07, 6.45) is 1.70. The molecule has 2 aliphatic heterocycles. The number of pyridine rings is 1. The third-order valence-electron chi connectivity index (χ3n) is 4.66. The summed E-state index contributed by atoms with van der Waals surface area (Å²) in [6, 6.07) is 13.2. The van der Waals surface area contributed by atoms with Crippen LogP contribution in [-0.2, 0) is 0 Å². The summed E-state index contributed by atoms with van der Waals surface area (Å²) >= 11 is 0. The molecule has 0 saturated heterocycles. The number of carbonyl (C=O) groups is 1. The fraction of sp³-hybridized carbons (Fsp3) is 0.200. The zero-order valence-corrected chi connectivity index (χ0v) is 13.4. The van der Waals surface area contributed by atoms with Crippen molar-refractivity contribution in [3.05, 3.63) is 59.9 Å². The summed E-state index contributed by atoms with van der Waals surface area (Å²) in [4.78, 5) is 17.5. The minimum atomic E-state index is -0.396. The maximum absolute atomic E-state index is 13.2. The van der Waals surface area contributed by atoms with Crippen molar-refractivity contribution >= 4 is 16.6 Å². The van der Waals surface area contributed by atoms with E-state index in [1.165, 1.54) is 0 Å². The van der Waals surface area contributed by atoms with Crippen molar-refractivity contribution in [3.63, 3.8) is 0 Å². The lowest BCUT2D eigenvalue weighted by Crippen LogP contribution is -2.27. The van der Waals surface area contributed by atoms with Gasteiger partial charge in [0.2, 0.25) is 0 Å². The number of carbonyl (C=O) groups excluding carboxylic acids is 1. The van der Waals surface area contributed by atoms with E-state index in [0.717, 1.165) is 16.5 Å². The van der Waals surface area contributed by atoms with Gasteiger partial charge in [-0.1, -0.05) is 12.1 Å². The molecule has 3 aromatic rings. The third kappa shape index (κ3) is 2.23. The highest BCUT2D eigenvalue weighted by atomic mass is 16.6. The van der Waals surface area contributed by atoms with Gasteiger partial charge in [0.05, 0.1) is 17.2 Å². The van der Waals surface area contributed by atoms with Crippen molar-refractivity contribution in [3.8, 4) is 17.2 Å². The van der Waals surface area contributed by atoms with Crippen LogP contribution in [0.3, 0.4) is 0 Å². The molecule has 5 nitrogen and oxygen atoms in total. The van der Waals surface area contributed by atoms with E-state index < -0.39 is 5.92 Å². The number of hydrogen-bond donors (Lipinski definition) is 0. The SMILES string of the molecule is O=C1c2c(ccc3cc4c(cc23)OCCO4)OCC1c1ccccn1. The first kappa shape index (κ1) is 14.3. The van der Waals surface area contributed by atoms with Crippen LogP contribution in [0.1, 0.15) is 22.0 Å². The lowest BCUT2D eigenvalue weighted by atomic mass is 9.88. The highest BCUT2D eigenvalue weighted by molar-refractivity contribution is 6.14. The van der Waals surface area contributed by atoms with E-state index in [0.29, 0.717) is 42.6 Å². The molecule has 25 heavy (non-hydrogen) atoms. The zero-order chi connectivity index (χ0) is 16.8. The molecule has 124 valence electrons. The van der Waals surface area contributed by atoms with Crippen molar-refractivity contribution in [2.45, 2.75) is 5.92 Å². The molecule has 3 heterocycles. The second kappa shape index (κ2) is 5.48. The topological polar surface area (TPSA) is 57.7 Å². The Hall–Kier alpha value is -3.08. The Morgan fingerprint density at radius 2 is 1.76 bits per heavy atom. The number of ketones is 1. The number of nitrogens with zero attached hydrogens (tertiary/aromatic N) is 1. The first-order chi connectivity index (χ1) is 12.3. The van der Waals surface area contributed by atoms with Gasteiger partial charge in [-0.15, -0.1) is 0 Å². The molecule has 5 heteroatoms. The summed E-state index contributed by atoms with van der Waals surface area (Å²) in [5.41, 5.74) is 1.32. The predicted octanol–water partition coefficient (Wildman–Crippen LogP) is 3.36. The number of aromatic nitrogens is 1. The summed E-state index contributed by atoms with van der Waals surface area (Å²) in [5.74, 6) is 1.63. The average Bonchev–Trinajstić information content (AvgIpc) is 2.67. The molecule has 1 unspecified atom stereocenters. The van der Waals surface area contributed by atoms with Gasteiger partial charge < -0.3 is 14.2 Å². The molecule has 0 amide bonds. The van der Waals surface area contributed by atoms with Gasteiger partial charge in [-0.3, -0.25) is 9.78 Å². The highest BCUT2D eigenvalue weighted by Crippen LogP contribution is 2.41. The van der Waals surface area contributed by atoms with Gasteiger partial charge >= 0.3 is 0 Å². The summed E-state index contributed by atoms with van der Waals surface area (Å²) < 4.78 is 17.2. The zero-order valence-electron chi connectivity index (χ0n) is 13.4. The molecule has 0 saturated carbocycles. The smallest absolute Gasteiger partial charge is 0.179 e. The second-order valence-electron chi connectivity index (χ2n) is 6.14. The molecule has 1 atom stereocenters. The Kier molecular flexibility index (Phi) is 3.13. The van der Waals surface area contributed by atoms with E-state index >= 15 is 0 Å². The largest absolute Gasteiger partial charge is 0.492 e. The lowest BCUT2D eigenvalue weighted by molar-refractivity contribution is 0.0896. The molecule has 0 radical (unpaired) electrons. The van der Waals surface area contributed by atoms with Crippen molar-refractivity contribution in [1.82, 2.24) is 4.98 Å². The van der Waals surface area contributed by atoms with Crippen molar-refractivity contribution < 1.29 is 19.0 Å². The number of benzene rings is 2. The van der Waals surface area contributed by atoms with Crippen LogP contribution in [0, 0.1) is 0 Å². The van der Waals surface area contributed by atoms with E-state index in [4.69, 9.17) is 14.2 Å². The third-order valence-corrected chi connectivity index (χ3v) is 4.66. The predicted molar refractivity (Wildman–Crippen MR) is 91.7 cm³/mol.